The van der Waals surface area contributed by atoms with E-state index in [0.29, 0.717) is 22.7 Å². The molecule has 164 valence electrons. The van der Waals surface area contributed by atoms with Gasteiger partial charge in [-0.25, -0.2) is 0 Å². The van der Waals surface area contributed by atoms with E-state index in [-0.39, 0.29) is 6.10 Å². The van der Waals surface area contributed by atoms with E-state index >= 15 is 0 Å². The van der Waals surface area contributed by atoms with E-state index in [9.17, 15) is 5.11 Å². The third-order valence-electron chi connectivity index (χ3n) is 10.6. The molecular weight excluding hydrogens is 352 g/mol. The molecule has 0 spiro atoms. The first-order valence-electron chi connectivity index (χ1n) is 12.7. The maximum absolute atomic E-state index is 10.2. The Hall–Kier alpha value is -0.560. The maximum Gasteiger partial charge on any atom is 0.0577 e. The molecule has 0 radical (unpaired) electrons. The highest BCUT2D eigenvalue weighted by Crippen LogP contribution is 2.67. The normalized spacial score (nSPS) is 46.8. The van der Waals surface area contributed by atoms with Crippen molar-refractivity contribution in [2.45, 2.75) is 99.0 Å². The van der Waals surface area contributed by atoms with Crippen LogP contribution in [0.25, 0.3) is 0 Å². The Labute approximate surface area is 180 Å². The second kappa shape index (κ2) is 7.85. The molecule has 0 saturated heterocycles. The van der Waals surface area contributed by atoms with Crippen LogP contribution in [-0.4, -0.2) is 11.2 Å². The molecule has 4 aliphatic rings. The van der Waals surface area contributed by atoms with Crippen molar-refractivity contribution in [3.05, 3.63) is 23.8 Å². The molecule has 0 aromatic heterocycles. The average molecular weight is 399 g/mol. The van der Waals surface area contributed by atoms with Crippen LogP contribution >= 0.6 is 0 Å². The number of rotatable bonds is 4. The van der Waals surface area contributed by atoms with Gasteiger partial charge in [0.2, 0.25) is 0 Å². The van der Waals surface area contributed by atoms with Crippen molar-refractivity contribution < 1.29 is 5.11 Å². The fourth-order valence-electron chi connectivity index (χ4n) is 8.25. The fourth-order valence-corrected chi connectivity index (χ4v) is 8.25. The lowest BCUT2D eigenvalue weighted by Gasteiger charge is -2.58. The summed E-state index contributed by atoms with van der Waals surface area (Å²) in [5.41, 5.74) is 2.51. The molecule has 0 aliphatic heterocycles. The van der Waals surface area contributed by atoms with Gasteiger partial charge in [0.1, 0.15) is 0 Å². The molecule has 0 aromatic carbocycles. The molecule has 1 N–H and O–H groups in total. The summed E-state index contributed by atoms with van der Waals surface area (Å²) < 4.78 is 0. The largest absolute Gasteiger partial charge is 0.393 e. The Balaban J connectivity index is 1.53. The van der Waals surface area contributed by atoms with Crippen molar-refractivity contribution in [2.75, 3.05) is 0 Å². The van der Waals surface area contributed by atoms with Gasteiger partial charge in [-0.15, -0.1) is 0 Å². The van der Waals surface area contributed by atoms with Crippen molar-refractivity contribution in [3.63, 3.8) is 0 Å². The van der Waals surface area contributed by atoms with Crippen LogP contribution in [0.4, 0.5) is 0 Å². The number of hydrogen-bond donors (Lipinski definition) is 1. The number of hydrogen-bond acceptors (Lipinski definition) is 1. The molecular formula is C28H46O. The van der Waals surface area contributed by atoms with Crippen LogP contribution in [0.3, 0.4) is 0 Å². The first kappa shape index (κ1) is 21.7. The van der Waals surface area contributed by atoms with Crippen molar-refractivity contribution in [1.29, 1.82) is 0 Å². The van der Waals surface area contributed by atoms with E-state index in [1.165, 1.54) is 38.5 Å². The van der Waals surface area contributed by atoms with Crippen molar-refractivity contribution in [2.24, 2.45) is 52.3 Å². The minimum atomic E-state index is -0.0866. The second-order valence-corrected chi connectivity index (χ2v) is 12.2. The molecule has 9 atom stereocenters. The minimum absolute atomic E-state index is 0.0866. The van der Waals surface area contributed by atoms with Crippen molar-refractivity contribution >= 4 is 0 Å². The van der Waals surface area contributed by atoms with E-state index in [2.05, 4.69) is 59.8 Å². The Morgan fingerprint density at radius 1 is 0.966 bits per heavy atom. The molecule has 1 nitrogen and oxygen atoms in total. The van der Waals surface area contributed by atoms with Gasteiger partial charge in [0, 0.05) is 0 Å². The zero-order chi connectivity index (χ0) is 21.0. The highest BCUT2D eigenvalue weighted by atomic mass is 16.3. The third-order valence-corrected chi connectivity index (χ3v) is 10.6. The lowest BCUT2D eigenvalue weighted by molar-refractivity contribution is -0.0540. The number of fused-ring (bicyclic) bond motifs is 5. The number of aliphatic hydroxyl groups excluding tert-OH is 1. The molecule has 0 unspecified atom stereocenters. The molecule has 1 heteroatoms. The first-order valence-corrected chi connectivity index (χ1v) is 12.7. The van der Waals surface area contributed by atoms with Gasteiger partial charge in [0.15, 0.2) is 0 Å². The predicted octanol–water partition coefficient (Wildman–Crippen LogP) is 7.41. The zero-order valence-electron chi connectivity index (χ0n) is 20.0. The van der Waals surface area contributed by atoms with Crippen LogP contribution in [-0.2, 0) is 0 Å². The van der Waals surface area contributed by atoms with Crippen LogP contribution in [0.2, 0.25) is 0 Å². The Morgan fingerprint density at radius 3 is 2.45 bits per heavy atom. The summed E-state index contributed by atoms with van der Waals surface area (Å²) in [4.78, 5) is 0. The molecule has 0 aromatic rings. The van der Waals surface area contributed by atoms with Gasteiger partial charge in [-0.2, -0.15) is 0 Å². The molecule has 0 bridgehead atoms. The smallest absolute Gasteiger partial charge is 0.0577 e. The van der Waals surface area contributed by atoms with E-state index in [1.807, 2.05) is 0 Å². The summed E-state index contributed by atoms with van der Waals surface area (Å²) in [6, 6.07) is 0. The topological polar surface area (TPSA) is 20.2 Å². The fraction of sp³-hybridized carbons (Fsp3) is 0.857. The molecule has 3 saturated carbocycles. The van der Waals surface area contributed by atoms with Gasteiger partial charge in [0.05, 0.1) is 6.10 Å². The summed E-state index contributed by atoms with van der Waals surface area (Å²) in [5.74, 6) is 5.63. The molecule has 29 heavy (non-hydrogen) atoms. The van der Waals surface area contributed by atoms with E-state index < -0.39 is 0 Å². The van der Waals surface area contributed by atoms with Gasteiger partial charge in [0.25, 0.3) is 0 Å². The quantitative estimate of drug-likeness (QED) is 0.489. The van der Waals surface area contributed by atoms with Crippen LogP contribution in [0.15, 0.2) is 23.8 Å². The molecule has 0 amide bonds. The highest BCUT2D eigenvalue weighted by Gasteiger charge is 2.58. The van der Waals surface area contributed by atoms with Crippen LogP contribution < -0.4 is 0 Å². The summed E-state index contributed by atoms with van der Waals surface area (Å²) in [6.45, 7) is 14.7. The van der Waals surface area contributed by atoms with E-state index in [1.54, 1.807) is 5.57 Å². The van der Waals surface area contributed by atoms with Crippen LogP contribution in [0.5, 0.6) is 0 Å². The van der Waals surface area contributed by atoms with Gasteiger partial charge in [-0.05, 0) is 104 Å². The standard InChI is InChI=1S/C28H46O/c1-18(2)19(3)7-8-20(4)24-11-12-25-23-10-9-21-17-22(29)13-15-27(21,5)26(23)14-16-28(24,25)6/h7-9,18-20,22-26,29H,10-17H2,1-6H3/t19-,20+,22-,23-,24+,25-,26-,27-,28+/m0/s1. The Kier molecular flexibility index (Phi) is 5.86. The second-order valence-electron chi connectivity index (χ2n) is 12.2. The van der Waals surface area contributed by atoms with Gasteiger partial charge in [-0.1, -0.05) is 65.3 Å². The van der Waals surface area contributed by atoms with Gasteiger partial charge >= 0.3 is 0 Å². The average Bonchev–Trinajstić information content (AvgIpc) is 3.03. The highest BCUT2D eigenvalue weighted by molar-refractivity contribution is 5.25. The Bertz CT molecular complexity index is 659. The summed E-state index contributed by atoms with van der Waals surface area (Å²) >= 11 is 0. The predicted molar refractivity (Wildman–Crippen MR) is 124 cm³/mol. The van der Waals surface area contributed by atoms with Crippen LogP contribution in [0.1, 0.15) is 92.9 Å². The van der Waals surface area contributed by atoms with Gasteiger partial charge < -0.3 is 5.11 Å². The summed E-state index contributed by atoms with van der Waals surface area (Å²) in [6.07, 6.45) is 17.7. The first-order chi connectivity index (χ1) is 13.7. The lowest BCUT2D eigenvalue weighted by atomic mass is 9.47. The van der Waals surface area contributed by atoms with Crippen molar-refractivity contribution in [3.8, 4) is 0 Å². The van der Waals surface area contributed by atoms with E-state index in [4.69, 9.17) is 0 Å². The van der Waals surface area contributed by atoms with Gasteiger partial charge in [-0.3, -0.25) is 0 Å². The van der Waals surface area contributed by atoms with Crippen molar-refractivity contribution in [1.82, 2.24) is 0 Å². The number of allylic oxidation sites excluding steroid dienone is 3. The molecule has 0 heterocycles. The lowest BCUT2D eigenvalue weighted by Crippen LogP contribution is -2.50. The SMILES string of the molecule is CC(C)[C@@H](C)C=C[C@@H](C)[C@H]1CC[C@H]2[C@@H]3CC=C4C[C@@H](O)CC[C@]4(C)[C@H]3CC[C@]12C. The van der Waals surface area contributed by atoms with E-state index in [0.717, 1.165) is 42.4 Å². The summed E-state index contributed by atoms with van der Waals surface area (Å²) in [7, 11) is 0. The third kappa shape index (κ3) is 3.58. The maximum atomic E-state index is 10.2. The number of aliphatic hydroxyl groups is 1. The molecule has 3 fully saturated rings. The Morgan fingerprint density at radius 2 is 1.72 bits per heavy atom. The van der Waals surface area contributed by atoms with Crippen LogP contribution in [0, 0.1) is 52.3 Å². The molecule has 4 rings (SSSR count). The minimum Gasteiger partial charge on any atom is -0.393 e. The zero-order valence-corrected chi connectivity index (χ0v) is 20.0. The summed E-state index contributed by atoms with van der Waals surface area (Å²) in [5, 5.41) is 10.2. The monoisotopic (exact) mass is 398 g/mol. The molecule has 4 aliphatic carbocycles.